The summed E-state index contributed by atoms with van der Waals surface area (Å²) in [7, 11) is 0. The van der Waals surface area contributed by atoms with E-state index in [4.69, 9.17) is 4.74 Å². The van der Waals surface area contributed by atoms with E-state index in [1.807, 2.05) is 0 Å². The third kappa shape index (κ3) is 4.65. The first-order valence-electron chi connectivity index (χ1n) is 11.9. The monoisotopic (exact) mass is 513 g/mol. The summed E-state index contributed by atoms with van der Waals surface area (Å²) in [4.78, 5) is 37.3. The molecule has 1 aliphatic rings. The molecule has 11 heteroatoms. The van der Waals surface area contributed by atoms with Gasteiger partial charge in [0.25, 0.3) is 5.56 Å². The summed E-state index contributed by atoms with van der Waals surface area (Å²) in [5, 5.41) is -0.0872. The molecule has 1 aliphatic heterocycles. The van der Waals surface area contributed by atoms with E-state index in [1.165, 1.54) is 21.4 Å². The number of aromatic nitrogens is 4. The Morgan fingerprint density at radius 1 is 1.05 bits per heavy atom. The zero-order chi connectivity index (χ0) is 26.7. The Hall–Kier alpha value is -3.89. The molecule has 0 spiro atoms. The summed E-state index contributed by atoms with van der Waals surface area (Å²) >= 11 is 0. The number of halogens is 3. The minimum atomic E-state index is -2.05. The third-order valence-corrected chi connectivity index (χ3v) is 6.36. The van der Waals surface area contributed by atoms with Gasteiger partial charge in [-0.05, 0) is 51.5 Å². The standard InChI is InChI=1S/C26H26F3N5O3/c1-14-12-34-13-16(11-19(28)21(34)30-14)15-9-17-20(18(27)10-15)31-23(32-22(17)35)26(29)5-7-33(8-6-26)24(36)37-25(2,3)4/h9-13H,5-8H2,1-4H3,(H,31,32,35). The summed E-state index contributed by atoms with van der Waals surface area (Å²) in [6.07, 6.45) is 2.40. The van der Waals surface area contributed by atoms with Crippen LogP contribution < -0.4 is 5.56 Å². The molecule has 0 radical (unpaired) electrons. The van der Waals surface area contributed by atoms with Crippen LogP contribution in [-0.2, 0) is 10.4 Å². The van der Waals surface area contributed by atoms with E-state index in [-0.39, 0.29) is 53.9 Å². The van der Waals surface area contributed by atoms with Gasteiger partial charge in [-0.2, -0.15) is 0 Å². The van der Waals surface area contributed by atoms with Crippen molar-refractivity contribution in [2.45, 2.75) is 51.8 Å². The maximum absolute atomic E-state index is 15.9. The van der Waals surface area contributed by atoms with Gasteiger partial charge in [0.15, 0.2) is 17.1 Å². The topological polar surface area (TPSA) is 92.6 Å². The first-order chi connectivity index (χ1) is 17.3. The van der Waals surface area contributed by atoms with Crippen LogP contribution in [0.25, 0.3) is 27.7 Å². The van der Waals surface area contributed by atoms with Gasteiger partial charge in [-0.1, -0.05) is 0 Å². The van der Waals surface area contributed by atoms with Gasteiger partial charge in [-0.25, -0.2) is 27.9 Å². The van der Waals surface area contributed by atoms with Gasteiger partial charge in [0.05, 0.1) is 11.1 Å². The largest absolute Gasteiger partial charge is 0.444 e. The number of piperidine rings is 1. The number of amides is 1. The predicted octanol–water partition coefficient (Wildman–Crippen LogP) is 5.02. The zero-order valence-electron chi connectivity index (χ0n) is 20.9. The summed E-state index contributed by atoms with van der Waals surface area (Å²) in [5.74, 6) is -1.72. The molecular weight excluding hydrogens is 487 g/mol. The molecule has 1 N–H and O–H groups in total. The van der Waals surface area contributed by atoms with E-state index >= 15 is 8.78 Å². The SMILES string of the molecule is Cc1cn2cc(-c3cc(F)c4nc(C5(F)CCN(C(=O)OC(C)(C)C)CC5)[nH]c(=O)c4c3)cc(F)c2n1. The van der Waals surface area contributed by atoms with Gasteiger partial charge < -0.3 is 19.0 Å². The molecule has 4 aromatic rings. The molecule has 8 nitrogen and oxygen atoms in total. The average Bonchev–Trinajstić information content (AvgIpc) is 3.19. The molecular formula is C26H26F3N5O3. The van der Waals surface area contributed by atoms with Crippen molar-refractivity contribution in [2.24, 2.45) is 0 Å². The fourth-order valence-corrected chi connectivity index (χ4v) is 4.52. The van der Waals surface area contributed by atoms with Crippen LogP contribution in [0.4, 0.5) is 18.0 Å². The normalized spacial score (nSPS) is 15.9. The molecule has 4 heterocycles. The number of carbonyl (C=O) groups is 1. The van der Waals surface area contributed by atoms with Crippen LogP contribution in [0, 0.1) is 18.6 Å². The van der Waals surface area contributed by atoms with Crippen LogP contribution in [0.3, 0.4) is 0 Å². The molecule has 0 atom stereocenters. The molecule has 3 aromatic heterocycles. The molecule has 1 aromatic carbocycles. The number of likely N-dealkylation sites (tertiary alicyclic amines) is 1. The van der Waals surface area contributed by atoms with E-state index in [2.05, 4.69) is 15.0 Å². The first-order valence-corrected chi connectivity index (χ1v) is 11.9. The van der Waals surface area contributed by atoms with Crippen molar-refractivity contribution < 1.29 is 22.7 Å². The summed E-state index contributed by atoms with van der Waals surface area (Å²) < 4.78 is 52.5. The number of alkyl halides is 1. The van der Waals surface area contributed by atoms with E-state index in [1.54, 1.807) is 40.1 Å². The lowest BCUT2D eigenvalue weighted by molar-refractivity contribution is 0.000196. The highest BCUT2D eigenvalue weighted by Gasteiger charge is 2.41. The minimum absolute atomic E-state index is 0.0519. The Balaban J connectivity index is 1.46. The van der Waals surface area contributed by atoms with Crippen molar-refractivity contribution >= 4 is 22.6 Å². The molecule has 0 bridgehead atoms. The van der Waals surface area contributed by atoms with Crippen LogP contribution in [0.15, 0.2) is 35.4 Å². The van der Waals surface area contributed by atoms with Crippen LogP contribution in [0.1, 0.15) is 45.1 Å². The summed E-state index contributed by atoms with van der Waals surface area (Å²) in [6.45, 7) is 7.05. The maximum atomic E-state index is 15.9. The van der Waals surface area contributed by atoms with E-state index in [9.17, 15) is 14.0 Å². The number of benzene rings is 1. The van der Waals surface area contributed by atoms with Gasteiger partial charge in [-0.15, -0.1) is 0 Å². The molecule has 0 aliphatic carbocycles. The number of pyridine rings is 1. The minimum Gasteiger partial charge on any atom is -0.444 e. The van der Waals surface area contributed by atoms with Crippen LogP contribution in [-0.4, -0.2) is 49.0 Å². The van der Waals surface area contributed by atoms with Gasteiger partial charge >= 0.3 is 6.09 Å². The number of ether oxygens (including phenoxy) is 1. The Morgan fingerprint density at radius 2 is 1.73 bits per heavy atom. The highest BCUT2D eigenvalue weighted by molar-refractivity contribution is 5.84. The number of aromatic amines is 1. The molecule has 5 rings (SSSR count). The lowest BCUT2D eigenvalue weighted by Gasteiger charge is -2.36. The van der Waals surface area contributed by atoms with Crippen molar-refractivity contribution in [3.8, 4) is 11.1 Å². The Morgan fingerprint density at radius 3 is 2.41 bits per heavy atom. The molecule has 194 valence electrons. The van der Waals surface area contributed by atoms with Crippen molar-refractivity contribution in [1.82, 2.24) is 24.3 Å². The van der Waals surface area contributed by atoms with E-state index < -0.39 is 34.6 Å². The van der Waals surface area contributed by atoms with E-state index in [0.717, 1.165) is 6.07 Å². The lowest BCUT2D eigenvalue weighted by atomic mass is 9.92. The first kappa shape index (κ1) is 24.8. The fourth-order valence-electron chi connectivity index (χ4n) is 4.52. The predicted molar refractivity (Wildman–Crippen MR) is 131 cm³/mol. The van der Waals surface area contributed by atoms with E-state index in [0.29, 0.717) is 11.3 Å². The van der Waals surface area contributed by atoms with Crippen LogP contribution >= 0.6 is 0 Å². The Bertz CT molecular complexity index is 1600. The third-order valence-electron chi connectivity index (χ3n) is 6.36. The zero-order valence-corrected chi connectivity index (χ0v) is 20.9. The van der Waals surface area contributed by atoms with Crippen LogP contribution in [0.2, 0.25) is 0 Å². The summed E-state index contributed by atoms with van der Waals surface area (Å²) in [6, 6.07) is 3.75. The number of rotatable bonds is 2. The number of hydrogen-bond donors (Lipinski definition) is 1. The van der Waals surface area contributed by atoms with Crippen molar-refractivity contribution in [2.75, 3.05) is 13.1 Å². The number of hydrogen-bond acceptors (Lipinski definition) is 5. The maximum Gasteiger partial charge on any atom is 0.410 e. The van der Waals surface area contributed by atoms with Gasteiger partial charge in [-0.3, -0.25) is 4.79 Å². The smallest absolute Gasteiger partial charge is 0.410 e. The Kier molecular flexibility index (Phi) is 5.76. The van der Waals surface area contributed by atoms with Crippen molar-refractivity contribution in [1.29, 1.82) is 0 Å². The van der Waals surface area contributed by atoms with Crippen LogP contribution in [0.5, 0.6) is 0 Å². The highest BCUT2D eigenvalue weighted by atomic mass is 19.1. The van der Waals surface area contributed by atoms with Crippen molar-refractivity contribution in [3.05, 3.63) is 64.1 Å². The molecule has 1 amide bonds. The summed E-state index contributed by atoms with van der Waals surface area (Å²) in [5.41, 5.74) is -2.38. The lowest BCUT2D eigenvalue weighted by Crippen LogP contribution is -2.46. The second-order valence-corrected chi connectivity index (χ2v) is 10.4. The van der Waals surface area contributed by atoms with Gasteiger partial charge in [0.1, 0.15) is 22.8 Å². The van der Waals surface area contributed by atoms with Gasteiger partial charge in [0.2, 0.25) is 0 Å². The molecule has 1 fully saturated rings. The second-order valence-electron chi connectivity index (χ2n) is 10.4. The molecule has 37 heavy (non-hydrogen) atoms. The van der Waals surface area contributed by atoms with Gasteiger partial charge in [0, 0.05) is 43.9 Å². The highest BCUT2D eigenvalue weighted by Crippen LogP contribution is 2.36. The number of carbonyl (C=O) groups excluding carboxylic acids is 1. The number of aryl methyl sites for hydroxylation is 1. The fraction of sp³-hybridized carbons (Fsp3) is 0.385. The number of fused-ring (bicyclic) bond motifs is 2. The number of nitrogens with zero attached hydrogens (tertiary/aromatic N) is 4. The quantitative estimate of drug-likeness (QED) is 0.406. The average molecular weight is 514 g/mol. The Labute approximate surface area is 210 Å². The molecule has 0 saturated carbocycles. The van der Waals surface area contributed by atoms with Crippen molar-refractivity contribution in [3.63, 3.8) is 0 Å². The number of imidazole rings is 1. The molecule has 1 saturated heterocycles. The second kappa shape index (κ2) is 8.60. The molecule has 0 unspecified atom stereocenters. The number of nitrogens with one attached hydrogen (secondary N) is 1. The number of H-pyrrole nitrogens is 1.